The van der Waals surface area contributed by atoms with Gasteiger partial charge in [-0.2, -0.15) is 0 Å². The van der Waals surface area contributed by atoms with Crippen molar-refractivity contribution in [1.82, 2.24) is 14.2 Å². The Morgan fingerprint density at radius 2 is 2.47 bits per heavy atom. The van der Waals surface area contributed by atoms with Crippen molar-refractivity contribution in [3.63, 3.8) is 0 Å². The molecule has 0 fully saturated rings. The van der Waals surface area contributed by atoms with Gasteiger partial charge in [0.25, 0.3) is 5.56 Å². The summed E-state index contributed by atoms with van der Waals surface area (Å²) in [6.07, 6.45) is 1.50. The zero-order valence-corrected chi connectivity index (χ0v) is 8.65. The second kappa shape index (κ2) is 3.77. The van der Waals surface area contributed by atoms with Crippen molar-refractivity contribution >= 4 is 27.7 Å². The topological polar surface area (TPSA) is 74.1 Å². The van der Waals surface area contributed by atoms with E-state index in [0.29, 0.717) is 10.2 Å². The van der Waals surface area contributed by atoms with E-state index in [1.54, 1.807) is 6.07 Å². The van der Waals surface area contributed by atoms with Crippen LogP contribution in [0.3, 0.4) is 0 Å². The Morgan fingerprint density at radius 3 is 3.20 bits per heavy atom. The van der Waals surface area contributed by atoms with E-state index in [4.69, 9.17) is 0 Å². The van der Waals surface area contributed by atoms with Crippen LogP contribution in [0.5, 0.6) is 0 Å². The lowest BCUT2D eigenvalue weighted by atomic mass is 10.4. The molecule has 0 aliphatic carbocycles. The van der Waals surface area contributed by atoms with E-state index >= 15 is 0 Å². The molecule has 0 saturated heterocycles. The summed E-state index contributed by atoms with van der Waals surface area (Å²) < 4.78 is 9.86. The maximum atomic E-state index is 11.7. The predicted octanol–water partition coefficient (Wildman–Crippen LogP) is 0.0260. The van der Waals surface area contributed by atoms with Gasteiger partial charge in [-0.05, 0) is 17.6 Å². The number of rotatable bonds is 2. The van der Waals surface area contributed by atoms with Crippen molar-refractivity contribution in [3.8, 4) is 0 Å². The normalized spacial score (nSPS) is 10.5. The monoisotopic (exact) mass is 225 g/mol. The molecular weight excluding hydrogens is 218 g/mol. The smallest absolute Gasteiger partial charge is 0.325 e. The average molecular weight is 225 g/mol. The molecule has 0 bridgehead atoms. The number of esters is 1. The van der Waals surface area contributed by atoms with E-state index in [-0.39, 0.29) is 12.1 Å². The molecule has 0 saturated carbocycles. The van der Waals surface area contributed by atoms with Crippen LogP contribution in [0.25, 0.3) is 10.2 Å². The molecule has 0 aliphatic heterocycles. The van der Waals surface area contributed by atoms with Crippen molar-refractivity contribution < 1.29 is 9.53 Å². The van der Waals surface area contributed by atoms with Crippen LogP contribution >= 0.6 is 11.5 Å². The van der Waals surface area contributed by atoms with Crippen LogP contribution in [0.4, 0.5) is 0 Å². The summed E-state index contributed by atoms with van der Waals surface area (Å²) in [5, 5.41) is 3.76. The largest absolute Gasteiger partial charge is 0.468 e. The Labute approximate surface area is 88.3 Å². The first kappa shape index (κ1) is 9.78. The fraction of sp³-hybridized carbons (Fsp3) is 0.250. The number of pyridine rings is 1. The van der Waals surface area contributed by atoms with E-state index in [2.05, 4.69) is 14.3 Å². The molecule has 0 aromatic carbocycles. The maximum absolute atomic E-state index is 11.7. The second-order valence-electron chi connectivity index (χ2n) is 2.81. The first-order chi connectivity index (χ1) is 7.22. The predicted molar refractivity (Wildman–Crippen MR) is 53.7 cm³/mol. The maximum Gasteiger partial charge on any atom is 0.325 e. The fourth-order valence-electron chi connectivity index (χ4n) is 1.14. The number of aromatic nitrogens is 3. The Bertz CT molecular complexity index is 560. The van der Waals surface area contributed by atoms with Gasteiger partial charge in [0.05, 0.1) is 7.11 Å². The van der Waals surface area contributed by atoms with E-state index in [0.717, 1.165) is 11.5 Å². The van der Waals surface area contributed by atoms with Gasteiger partial charge in [0.2, 0.25) is 0 Å². The van der Waals surface area contributed by atoms with Gasteiger partial charge in [0, 0.05) is 6.20 Å². The van der Waals surface area contributed by atoms with Gasteiger partial charge >= 0.3 is 5.97 Å². The third-order valence-electron chi connectivity index (χ3n) is 1.91. The van der Waals surface area contributed by atoms with Crippen LogP contribution in [-0.2, 0) is 16.1 Å². The Balaban J connectivity index is 2.48. The van der Waals surface area contributed by atoms with E-state index in [9.17, 15) is 9.59 Å². The van der Waals surface area contributed by atoms with Crippen LogP contribution in [0.15, 0.2) is 17.1 Å². The van der Waals surface area contributed by atoms with Crippen LogP contribution in [0, 0.1) is 0 Å². The number of methoxy groups -OCH3 is 1. The first-order valence-electron chi connectivity index (χ1n) is 4.10. The molecule has 0 amide bonds. The molecule has 0 spiro atoms. The highest BCUT2D eigenvalue weighted by molar-refractivity contribution is 7.12. The fourth-order valence-corrected chi connectivity index (χ4v) is 1.75. The Kier molecular flexibility index (Phi) is 2.46. The van der Waals surface area contributed by atoms with E-state index in [1.165, 1.54) is 17.9 Å². The van der Waals surface area contributed by atoms with Crippen molar-refractivity contribution in [1.29, 1.82) is 0 Å². The van der Waals surface area contributed by atoms with Crippen molar-refractivity contribution in [2.75, 3.05) is 7.11 Å². The van der Waals surface area contributed by atoms with Gasteiger partial charge in [0.1, 0.15) is 16.8 Å². The van der Waals surface area contributed by atoms with E-state index < -0.39 is 5.97 Å². The number of hydrogen-bond acceptors (Lipinski definition) is 6. The molecule has 7 heteroatoms. The second-order valence-corrected chi connectivity index (χ2v) is 3.57. The van der Waals surface area contributed by atoms with E-state index in [1.807, 2.05) is 0 Å². The standard InChI is InChI=1S/C8H7N3O3S/c1-14-6(12)4-11-3-2-5-7(8(11)13)15-10-9-5/h2-3H,4H2,1H3. The molecule has 0 atom stereocenters. The zero-order valence-electron chi connectivity index (χ0n) is 7.84. The highest BCUT2D eigenvalue weighted by Crippen LogP contribution is 2.08. The number of nitrogens with zero attached hydrogens (tertiary/aromatic N) is 3. The Hall–Kier alpha value is -1.76. The minimum atomic E-state index is -0.464. The van der Waals surface area contributed by atoms with Gasteiger partial charge in [-0.15, -0.1) is 5.10 Å². The van der Waals surface area contributed by atoms with Gasteiger partial charge in [-0.1, -0.05) is 4.49 Å². The molecule has 2 heterocycles. The van der Waals surface area contributed by atoms with Crippen LogP contribution in [0.1, 0.15) is 0 Å². The third kappa shape index (κ3) is 1.73. The molecule has 0 aliphatic rings. The van der Waals surface area contributed by atoms with Crippen molar-refractivity contribution in [2.45, 2.75) is 6.54 Å². The number of ether oxygens (including phenoxy) is 1. The zero-order chi connectivity index (χ0) is 10.8. The molecule has 2 aromatic heterocycles. The average Bonchev–Trinajstić information content (AvgIpc) is 2.70. The number of carbonyl (C=O) groups is 1. The highest BCUT2D eigenvalue weighted by Gasteiger charge is 2.08. The number of carbonyl (C=O) groups excluding carboxylic acids is 1. The van der Waals surface area contributed by atoms with Crippen LogP contribution in [-0.4, -0.2) is 27.2 Å². The molecule has 6 nitrogen and oxygen atoms in total. The minimum Gasteiger partial charge on any atom is -0.468 e. The summed E-state index contributed by atoms with van der Waals surface area (Å²) in [6.45, 7) is -0.0941. The van der Waals surface area contributed by atoms with Crippen molar-refractivity contribution in [3.05, 3.63) is 22.6 Å². The molecule has 78 valence electrons. The lowest BCUT2D eigenvalue weighted by Gasteiger charge is -2.02. The summed E-state index contributed by atoms with van der Waals surface area (Å²) in [5.41, 5.74) is 0.277. The molecule has 15 heavy (non-hydrogen) atoms. The molecule has 0 unspecified atom stereocenters. The Morgan fingerprint density at radius 1 is 1.67 bits per heavy atom. The lowest BCUT2D eigenvalue weighted by molar-refractivity contribution is -0.141. The summed E-state index contributed by atoms with van der Waals surface area (Å²) >= 11 is 1.02. The summed E-state index contributed by atoms with van der Waals surface area (Å²) in [7, 11) is 1.28. The summed E-state index contributed by atoms with van der Waals surface area (Å²) in [4.78, 5) is 22.7. The molecule has 2 aromatic rings. The lowest BCUT2D eigenvalue weighted by Crippen LogP contribution is -2.23. The SMILES string of the molecule is COC(=O)Cn1ccc2nnsc2c1=O. The molecule has 2 rings (SSSR count). The van der Waals surface area contributed by atoms with Gasteiger partial charge in [0.15, 0.2) is 0 Å². The number of fused-ring (bicyclic) bond motifs is 1. The van der Waals surface area contributed by atoms with Crippen molar-refractivity contribution in [2.24, 2.45) is 0 Å². The van der Waals surface area contributed by atoms with Gasteiger partial charge in [-0.3, -0.25) is 9.59 Å². The molecular formula is C8H7N3O3S. The van der Waals surface area contributed by atoms with Gasteiger partial charge < -0.3 is 9.30 Å². The summed E-state index contributed by atoms with van der Waals surface area (Å²) in [6, 6.07) is 1.64. The van der Waals surface area contributed by atoms with Crippen LogP contribution in [0.2, 0.25) is 0 Å². The third-order valence-corrected chi connectivity index (χ3v) is 2.64. The molecule has 0 N–H and O–H groups in total. The minimum absolute atomic E-state index is 0.0941. The first-order valence-corrected chi connectivity index (χ1v) is 4.88. The van der Waals surface area contributed by atoms with Crippen LogP contribution < -0.4 is 5.56 Å². The van der Waals surface area contributed by atoms with Gasteiger partial charge in [-0.25, -0.2) is 0 Å². The quantitative estimate of drug-likeness (QED) is 0.674. The molecule has 0 radical (unpaired) electrons. The summed E-state index contributed by atoms with van der Waals surface area (Å²) in [5.74, 6) is -0.464. The number of hydrogen-bond donors (Lipinski definition) is 0. The highest BCUT2D eigenvalue weighted by atomic mass is 32.1.